The Kier molecular flexibility index (Phi) is 4.93. The van der Waals surface area contributed by atoms with E-state index in [-0.39, 0.29) is 5.91 Å². The molecule has 28 heavy (non-hydrogen) atoms. The molecular weight excluding hydrogens is 350 g/mol. The minimum atomic E-state index is -0.0498. The van der Waals surface area contributed by atoms with Crippen molar-refractivity contribution in [3.8, 4) is 0 Å². The second kappa shape index (κ2) is 7.68. The van der Waals surface area contributed by atoms with Crippen LogP contribution in [0.3, 0.4) is 0 Å². The van der Waals surface area contributed by atoms with Gasteiger partial charge in [0.1, 0.15) is 0 Å². The number of benzene rings is 2. The SMILES string of the molecule is Cc1ccc(Cn2cc(NC(=O)CCn3ncc4ccc(C)cc43)cn2)cc1. The van der Waals surface area contributed by atoms with E-state index in [0.717, 1.165) is 10.9 Å². The summed E-state index contributed by atoms with van der Waals surface area (Å²) in [7, 11) is 0. The first kappa shape index (κ1) is 18.0. The molecule has 4 rings (SSSR count). The number of amides is 1. The van der Waals surface area contributed by atoms with Gasteiger partial charge in [0.05, 0.1) is 36.7 Å². The summed E-state index contributed by atoms with van der Waals surface area (Å²) in [6, 6.07) is 14.6. The van der Waals surface area contributed by atoms with Crippen LogP contribution in [0.25, 0.3) is 10.9 Å². The van der Waals surface area contributed by atoms with Gasteiger partial charge >= 0.3 is 0 Å². The van der Waals surface area contributed by atoms with Crippen LogP contribution in [-0.4, -0.2) is 25.5 Å². The van der Waals surface area contributed by atoms with Crippen molar-refractivity contribution in [1.82, 2.24) is 19.6 Å². The lowest BCUT2D eigenvalue weighted by Crippen LogP contribution is -2.14. The number of anilines is 1. The van der Waals surface area contributed by atoms with Crippen molar-refractivity contribution >= 4 is 22.5 Å². The van der Waals surface area contributed by atoms with E-state index < -0.39 is 0 Å². The normalized spacial score (nSPS) is 11.1. The lowest BCUT2D eigenvalue weighted by molar-refractivity contribution is -0.116. The molecule has 0 unspecified atom stereocenters. The molecule has 6 nitrogen and oxygen atoms in total. The van der Waals surface area contributed by atoms with Crippen LogP contribution in [0.2, 0.25) is 0 Å². The smallest absolute Gasteiger partial charge is 0.226 e. The molecule has 0 fully saturated rings. The number of carbonyl (C=O) groups excluding carboxylic acids is 1. The van der Waals surface area contributed by atoms with Gasteiger partial charge in [0, 0.05) is 18.0 Å². The third-order valence-corrected chi connectivity index (χ3v) is 4.73. The molecule has 0 radical (unpaired) electrons. The molecule has 2 aromatic carbocycles. The van der Waals surface area contributed by atoms with Gasteiger partial charge in [0.15, 0.2) is 0 Å². The maximum atomic E-state index is 12.3. The number of fused-ring (bicyclic) bond motifs is 1. The molecule has 0 spiro atoms. The number of carbonyl (C=O) groups is 1. The monoisotopic (exact) mass is 373 g/mol. The summed E-state index contributed by atoms with van der Waals surface area (Å²) < 4.78 is 3.70. The first-order valence-electron chi connectivity index (χ1n) is 9.37. The van der Waals surface area contributed by atoms with Crippen LogP contribution in [0.4, 0.5) is 5.69 Å². The van der Waals surface area contributed by atoms with Crippen molar-refractivity contribution in [2.24, 2.45) is 0 Å². The first-order valence-corrected chi connectivity index (χ1v) is 9.37. The molecule has 0 bridgehead atoms. The minimum Gasteiger partial charge on any atom is -0.323 e. The second-order valence-corrected chi connectivity index (χ2v) is 7.14. The number of rotatable bonds is 6. The summed E-state index contributed by atoms with van der Waals surface area (Å²) in [6.07, 6.45) is 5.72. The number of aryl methyl sites for hydroxylation is 3. The van der Waals surface area contributed by atoms with E-state index in [1.807, 2.05) is 21.8 Å². The van der Waals surface area contributed by atoms with Crippen molar-refractivity contribution in [2.75, 3.05) is 5.32 Å². The average Bonchev–Trinajstić information content (AvgIpc) is 3.28. The van der Waals surface area contributed by atoms with Gasteiger partial charge in [-0.2, -0.15) is 10.2 Å². The molecule has 0 aliphatic heterocycles. The molecule has 1 amide bonds. The molecular formula is C22H23N5O. The molecule has 2 heterocycles. The van der Waals surface area contributed by atoms with Crippen LogP contribution in [0.15, 0.2) is 61.1 Å². The Morgan fingerprint density at radius 3 is 2.61 bits per heavy atom. The van der Waals surface area contributed by atoms with Crippen LogP contribution < -0.4 is 5.32 Å². The maximum absolute atomic E-state index is 12.3. The fourth-order valence-electron chi connectivity index (χ4n) is 3.18. The predicted octanol–water partition coefficient (Wildman–Crippen LogP) is 3.93. The van der Waals surface area contributed by atoms with E-state index in [4.69, 9.17) is 0 Å². The standard InChI is InChI=1S/C22H23N5O/c1-16-3-6-18(7-4-16)14-26-15-20(13-23-26)25-22(28)9-10-27-21-11-17(2)5-8-19(21)12-24-27/h3-8,11-13,15H,9-10,14H2,1-2H3,(H,25,28). The van der Waals surface area contributed by atoms with Crippen molar-refractivity contribution < 1.29 is 4.79 Å². The lowest BCUT2D eigenvalue weighted by Gasteiger charge is -2.05. The van der Waals surface area contributed by atoms with Gasteiger partial charge in [0.25, 0.3) is 0 Å². The predicted molar refractivity (Wildman–Crippen MR) is 110 cm³/mol. The zero-order valence-electron chi connectivity index (χ0n) is 16.1. The van der Waals surface area contributed by atoms with Gasteiger partial charge in [-0.15, -0.1) is 0 Å². The summed E-state index contributed by atoms with van der Waals surface area (Å²) in [4.78, 5) is 12.3. The van der Waals surface area contributed by atoms with E-state index in [1.165, 1.54) is 16.7 Å². The van der Waals surface area contributed by atoms with Crippen LogP contribution >= 0.6 is 0 Å². The van der Waals surface area contributed by atoms with Crippen molar-refractivity contribution in [1.29, 1.82) is 0 Å². The zero-order valence-corrected chi connectivity index (χ0v) is 16.1. The second-order valence-electron chi connectivity index (χ2n) is 7.14. The Morgan fingerprint density at radius 1 is 1.00 bits per heavy atom. The topological polar surface area (TPSA) is 64.7 Å². The minimum absolute atomic E-state index is 0.0498. The zero-order chi connectivity index (χ0) is 19.5. The Bertz CT molecular complexity index is 1110. The highest BCUT2D eigenvalue weighted by atomic mass is 16.1. The van der Waals surface area contributed by atoms with Gasteiger partial charge in [0.2, 0.25) is 5.91 Å². The highest BCUT2D eigenvalue weighted by Gasteiger charge is 2.08. The van der Waals surface area contributed by atoms with Crippen LogP contribution in [0.5, 0.6) is 0 Å². The number of hydrogen-bond donors (Lipinski definition) is 1. The van der Waals surface area contributed by atoms with Gasteiger partial charge < -0.3 is 5.32 Å². The molecule has 2 aromatic heterocycles. The van der Waals surface area contributed by atoms with Gasteiger partial charge in [-0.05, 0) is 31.0 Å². The Labute approximate surface area is 163 Å². The molecule has 0 atom stereocenters. The molecule has 0 saturated heterocycles. The van der Waals surface area contributed by atoms with E-state index in [0.29, 0.717) is 25.2 Å². The van der Waals surface area contributed by atoms with Gasteiger partial charge in [-0.3, -0.25) is 14.2 Å². The van der Waals surface area contributed by atoms with Crippen molar-refractivity contribution in [2.45, 2.75) is 33.4 Å². The van der Waals surface area contributed by atoms with Gasteiger partial charge in [-0.1, -0.05) is 42.0 Å². The van der Waals surface area contributed by atoms with E-state index in [1.54, 1.807) is 6.20 Å². The highest BCUT2D eigenvalue weighted by molar-refractivity contribution is 5.90. The Morgan fingerprint density at radius 2 is 1.79 bits per heavy atom. The molecule has 6 heteroatoms. The average molecular weight is 373 g/mol. The number of hydrogen-bond acceptors (Lipinski definition) is 3. The summed E-state index contributed by atoms with van der Waals surface area (Å²) in [5.74, 6) is -0.0498. The molecule has 142 valence electrons. The summed E-state index contributed by atoms with van der Waals surface area (Å²) in [6.45, 7) is 5.33. The van der Waals surface area contributed by atoms with Crippen molar-refractivity contribution in [3.05, 3.63) is 77.7 Å². The molecule has 1 N–H and O–H groups in total. The summed E-state index contributed by atoms with van der Waals surface area (Å²) >= 11 is 0. The van der Waals surface area contributed by atoms with Crippen LogP contribution in [-0.2, 0) is 17.9 Å². The highest BCUT2D eigenvalue weighted by Crippen LogP contribution is 2.16. The van der Waals surface area contributed by atoms with E-state index >= 15 is 0 Å². The molecule has 4 aromatic rings. The summed E-state index contributed by atoms with van der Waals surface area (Å²) in [5, 5.41) is 12.7. The first-order chi connectivity index (χ1) is 13.6. The Balaban J connectivity index is 1.34. The summed E-state index contributed by atoms with van der Waals surface area (Å²) in [5.41, 5.74) is 5.35. The van der Waals surface area contributed by atoms with Crippen LogP contribution in [0.1, 0.15) is 23.1 Å². The largest absolute Gasteiger partial charge is 0.323 e. The third kappa shape index (κ3) is 4.11. The van der Waals surface area contributed by atoms with Crippen LogP contribution in [0, 0.1) is 13.8 Å². The number of aromatic nitrogens is 4. The number of nitrogens with one attached hydrogen (secondary N) is 1. The quantitative estimate of drug-likeness (QED) is 0.557. The van der Waals surface area contributed by atoms with Crippen molar-refractivity contribution in [3.63, 3.8) is 0 Å². The number of nitrogens with zero attached hydrogens (tertiary/aromatic N) is 4. The van der Waals surface area contributed by atoms with E-state index in [9.17, 15) is 4.79 Å². The fourth-order valence-corrected chi connectivity index (χ4v) is 3.18. The molecule has 0 aliphatic carbocycles. The fraction of sp³-hybridized carbons (Fsp3) is 0.227. The molecule has 0 saturated carbocycles. The lowest BCUT2D eigenvalue weighted by atomic mass is 10.1. The third-order valence-electron chi connectivity index (χ3n) is 4.73. The van der Waals surface area contributed by atoms with Gasteiger partial charge in [-0.25, -0.2) is 0 Å². The Hall–Kier alpha value is -3.41. The maximum Gasteiger partial charge on any atom is 0.226 e. The molecule has 0 aliphatic rings. The van der Waals surface area contributed by atoms with E-state index in [2.05, 4.69) is 71.8 Å².